The third-order valence-electron chi connectivity index (χ3n) is 7.51. The molecule has 5 nitrogen and oxygen atoms in total. The van der Waals surface area contributed by atoms with Gasteiger partial charge < -0.3 is 10.2 Å². The van der Waals surface area contributed by atoms with E-state index in [9.17, 15) is 4.79 Å². The van der Waals surface area contributed by atoms with Gasteiger partial charge in [0.25, 0.3) is 0 Å². The van der Waals surface area contributed by atoms with E-state index >= 15 is 0 Å². The quantitative estimate of drug-likeness (QED) is 0.422. The number of thiocarbonyl (C=S) groups is 1. The van der Waals surface area contributed by atoms with E-state index in [1.54, 1.807) is 0 Å². The molecule has 1 aromatic heterocycles. The van der Waals surface area contributed by atoms with Crippen molar-refractivity contribution >= 4 is 28.4 Å². The summed E-state index contributed by atoms with van der Waals surface area (Å²) in [5, 5.41) is 4.39. The van der Waals surface area contributed by atoms with Gasteiger partial charge in [0.05, 0.1) is 11.0 Å². The summed E-state index contributed by atoms with van der Waals surface area (Å²) in [4.78, 5) is 15.6. The molecule has 1 N–H and O–H groups in total. The third kappa shape index (κ3) is 5.38. The molecule has 1 aliphatic heterocycles. The SMILES string of the molecule is CCCCn1c(=O)n(C2CCN(C(=S)NCCCC3CCCCC3)CC2)c2ccccc21. The Bertz CT molecular complexity index is 935. The van der Waals surface area contributed by atoms with Crippen LogP contribution >= 0.6 is 12.2 Å². The first-order valence-electron chi connectivity index (χ1n) is 12.9. The number of likely N-dealkylation sites (tertiary alicyclic amines) is 1. The zero-order valence-electron chi connectivity index (χ0n) is 19.7. The molecule has 1 aliphatic carbocycles. The van der Waals surface area contributed by atoms with Crippen molar-refractivity contribution in [3.63, 3.8) is 0 Å². The van der Waals surface area contributed by atoms with Crippen molar-refractivity contribution < 1.29 is 0 Å². The minimum Gasteiger partial charge on any atom is -0.363 e. The molecule has 0 amide bonds. The van der Waals surface area contributed by atoms with Crippen molar-refractivity contribution in [2.24, 2.45) is 5.92 Å². The number of hydrogen-bond acceptors (Lipinski definition) is 2. The van der Waals surface area contributed by atoms with Crippen LogP contribution in [0.3, 0.4) is 0 Å². The number of piperidine rings is 1. The topological polar surface area (TPSA) is 42.2 Å². The summed E-state index contributed by atoms with van der Waals surface area (Å²) >= 11 is 5.70. The van der Waals surface area contributed by atoms with E-state index in [1.807, 2.05) is 16.7 Å². The molecular weight excluding hydrogens is 416 g/mol. The van der Waals surface area contributed by atoms with Gasteiger partial charge in [-0.2, -0.15) is 0 Å². The number of fused-ring (bicyclic) bond motifs is 1. The van der Waals surface area contributed by atoms with Crippen LogP contribution in [0.2, 0.25) is 0 Å². The third-order valence-corrected chi connectivity index (χ3v) is 7.91. The van der Waals surface area contributed by atoms with Gasteiger partial charge in [-0.05, 0) is 62.4 Å². The number of imidazole rings is 1. The molecule has 0 spiro atoms. The molecule has 32 heavy (non-hydrogen) atoms. The number of unbranched alkanes of at least 4 members (excludes halogenated alkanes) is 1. The number of aryl methyl sites for hydroxylation is 1. The molecule has 1 aromatic carbocycles. The van der Waals surface area contributed by atoms with Gasteiger partial charge in [-0.3, -0.25) is 9.13 Å². The Morgan fingerprint density at radius 1 is 1.03 bits per heavy atom. The smallest absolute Gasteiger partial charge is 0.329 e. The highest BCUT2D eigenvalue weighted by Gasteiger charge is 2.26. The van der Waals surface area contributed by atoms with E-state index in [4.69, 9.17) is 12.2 Å². The fraction of sp³-hybridized carbons (Fsp3) is 0.692. The van der Waals surface area contributed by atoms with Crippen LogP contribution in [-0.4, -0.2) is 38.8 Å². The molecule has 6 heteroatoms. The Morgan fingerprint density at radius 2 is 1.75 bits per heavy atom. The number of hydrogen-bond donors (Lipinski definition) is 1. The second kappa shape index (κ2) is 11.4. The van der Waals surface area contributed by atoms with Crippen LogP contribution in [-0.2, 0) is 6.54 Å². The molecule has 2 aromatic rings. The lowest BCUT2D eigenvalue weighted by Gasteiger charge is -2.34. The van der Waals surface area contributed by atoms with E-state index in [2.05, 4.69) is 33.8 Å². The van der Waals surface area contributed by atoms with Gasteiger partial charge in [-0.1, -0.05) is 57.6 Å². The molecule has 0 atom stereocenters. The van der Waals surface area contributed by atoms with Crippen molar-refractivity contribution in [1.29, 1.82) is 0 Å². The summed E-state index contributed by atoms with van der Waals surface area (Å²) in [6.07, 6.45) is 13.7. The van der Waals surface area contributed by atoms with Crippen LogP contribution in [0.4, 0.5) is 0 Å². The monoisotopic (exact) mass is 456 g/mol. The van der Waals surface area contributed by atoms with Crippen LogP contribution < -0.4 is 11.0 Å². The van der Waals surface area contributed by atoms with Crippen LogP contribution in [0.15, 0.2) is 29.1 Å². The zero-order valence-corrected chi connectivity index (χ0v) is 20.5. The van der Waals surface area contributed by atoms with E-state index < -0.39 is 0 Å². The van der Waals surface area contributed by atoms with Gasteiger partial charge >= 0.3 is 5.69 Å². The Kier molecular flexibility index (Phi) is 8.28. The van der Waals surface area contributed by atoms with Gasteiger partial charge in [-0.15, -0.1) is 0 Å². The maximum atomic E-state index is 13.3. The van der Waals surface area contributed by atoms with E-state index in [0.29, 0.717) is 0 Å². The number of rotatable bonds is 8. The fourth-order valence-electron chi connectivity index (χ4n) is 5.62. The Morgan fingerprint density at radius 3 is 2.47 bits per heavy atom. The number of aromatic nitrogens is 2. The first-order valence-corrected chi connectivity index (χ1v) is 13.3. The molecule has 1 saturated carbocycles. The molecule has 2 aliphatic rings. The van der Waals surface area contributed by atoms with Gasteiger partial charge in [0.15, 0.2) is 5.11 Å². The van der Waals surface area contributed by atoms with Crippen molar-refractivity contribution in [3.05, 3.63) is 34.7 Å². The first-order chi connectivity index (χ1) is 15.7. The maximum Gasteiger partial charge on any atom is 0.329 e. The lowest BCUT2D eigenvalue weighted by atomic mass is 9.86. The highest BCUT2D eigenvalue weighted by molar-refractivity contribution is 7.80. The minimum absolute atomic E-state index is 0.154. The van der Waals surface area contributed by atoms with E-state index in [-0.39, 0.29) is 11.7 Å². The predicted molar refractivity (Wildman–Crippen MR) is 137 cm³/mol. The Balaban J connectivity index is 1.30. The summed E-state index contributed by atoms with van der Waals surface area (Å²) in [5.41, 5.74) is 2.31. The normalized spacial score (nSPS) is 18.3. The summed E-state index contributed by atoms with van der Waals surface area (Å²) in [6, 6.07) is 8.52. The van der Waals surface area contributed by atoms with E-state index in [1.165, 1.54) is 44.9 Å². The van der Waals surface area contributed by atoms with Crippen molar-refractivity contribution in [2.75, 3.05) is 19.6 Å². The predicted octanol–water partition coefficient (Wildman–Crippen LogP) is 5.48. The van der Waals surface area contributed by atoms with Gasteiger partial charge in [0.2, 0.25) is 0 Å². The van der Waals surface area contributed by atoms with Crippen LogP contribution in [0.1, 0.15) is 83.6 Å². The molecule has 4 rings (SSSR count). The largest absolute Gasteiger partial charge is 0.363 e. The van der Waals surface area contributed by atoms with Crippen molar-refractivity contribution in [3.8, 4) is 0 Å². The number of nitrogens with zero attached hydrogens (tertiary/aromatic N) is 3. The molecule has 0 bridgehead atoms. The average Bonchev–Trinajstić information content (AvgIpc) is 3.12. The van der Waals surface area contributed by atoms with Gasteiger partial charge in [0.1, 0.15) is 0 Å². The Labute approximate surface area is 198 Å². The van der Waals surface area contributed by atoms with Gasteiger partial charge in [0, 0.05) is 32.2 Å². The van der Waals surface area contributed by atoms with Crippen LogP contribution in [0, 0.1) is 5.92 Å². The van der Waals surface area contributed by atoms with Crippen LogP contribution in [0.5, 0.6) is 0 Å². The molecule has 1 saturated heterocycles. The molecule has 0 radical (unpaired) electrons. The van der Waals surface area contributed by atoms with Gasteiger partial charge in [-0.25, -0.2) is 4.79 Å². The van der Waals surface area contributed by atoms with E-state index in [0.717, 1.165) is 73.9 Å². The minimum atomic E-state index is 0.154. The lowest BCUT2D eigenvalue weighted by molar-refractivity contribution is 0.263. The molecule has 2 heterocycles. The fourth-order valence-corrected chi connectivity index (χ4v) is 5.90. The average molecular weight is 457 g/mol. The molecule has 176 valence electrons. The standard InChI is InChI=1S/C26H40N4OS/c1-2-3-18-29-23-13-7-8-14-24(23)30(26(29)31)22-15-19-28(20-16-22)25(32)27-17-9-12-21-10-5-4-6-11-21/h7-8,13-14,21-22H,2-6,9-12,15-20H2,1H3,(H,27,32). The highest BCUT2D eigenvalue weighted by atomic mass is 32.1. The first kappa shape index (κ1) is 23.3. The summed E-state index contributed by atoms with van der Waals surface area (Å²) in [5.74, 6) is 0.938. The van der Waals surface area contributed by atoms with Crippen molar-refractivity contribution in [2.45, 2.75) is 90.1 Å². The second-order valence-corrected chi connectivity index (χ2v) is 10.1. The highest BCUT2D eigenvalue weighted by Crippen LogP contribution is 2.28. The molecule has 2 fully saturated rings. The lowest BCUT2D eigenvalue weighted by Crippen LogP contribution is -2.45. The van der Waals surface area contributed by atoms with Crippen LogP contribution in [0.25, 0.3) is 11.0 Å². The maximum absolute atomic E-state index is 13.3. The zero-order chi connectivity index (χ0) is 22.3. The van der Waals surface area contributed by atoms with Crippen molar-refractivity contribution in [1.82, 2.24) is 19.4 Å². The summed E-state index contributed by atoms with van der Waals surface area (Å²) in [7, 11) is 0. The number of nitrogens with one attached hydrogen (secondary N) is 1. The number of para-hydroxylation sites is 2. The summed E-state index contributed by atoms with van der Waals surface area (Å²) < 4.78 is 4.03. The summed E-state index contributed by atoms with van der Waals surface area (Å²) in [6.45, 7) is 5.79. The molecular formula is C26H40N4OS. The number of benzene rings is 1. The second-order valence-electron chi connectivity index (χ2n) is 9.74. The Hall–Kier alpha value is -1.82. The molecule has 0 unspecified atom stereocenters.